The zero-order chi connectivity index (χ0) is 18.3. The van der Waals surface area contributed by atoms with Crippen LogP contribution in [0.2, 0.25) is 0 Å². The summed E-state index contributed by atoms with van der Waals surface area (Å²) in [6.07, 6.45) is 3.42. The van der Waals surface area contributed by atoms with Crippen molar-refractivity contribution in [3.05, 3.63) is 64.4 Å². The van der Waals surface area contributed by atoms with E-state index in [1.807, 2.05) is 11.4 Å². The highest BCUT2D eigenvalue weighted by Crippen LogP contribution is 2.27. The Morgan fingerprint density at radius 2 is 2.04 bits per heavy atom. The summed E-state index contributed by atoms with van der Waals surface area (Å²) in [5.41, 5.74) is 5.98. The van der Waals surface area contributed by atoms with Gasteiger partial charge in [0.05, 0.1) is 11.4 Å². The molecule has 0 saturated heterocycles. The summed E-state index contributed by atoms with van der Waals surface area (Å²) in [7, 11) is 0. The zero-order valence-electron chi connectivity index (χ0n) is 14.6. The van der Waals surface area contributed by atoms with Crippen LogP contribution in [0.3, 0.4) is 0 Å². The Hall–Kier alpha value is -3.06. The van der Waals surface area contributed by atoms with E-state index in [0.29, 0.717) is 22.0 Å². The third kappa shape index (κ3) is 2.86. The first-order valence-corrected chi connectivity index (χ1v) is 9.05. The first-order valence-electron chi connectivity index (χ1n) is 8.17. The number of aromatic nitrogens is 4. The third-order valence-corrected chi connectivity index (χ3v) is 5.08. The van der Waals surface area contributed by atoms with Gasteiger partial charge in [0.15, 0.2) is 10.8 Å². The Morgan fingerprint density at radius 3 is 2.85 bits per heavy atom. The van der Waals surface area contributed by atoms with Gasteiger partial charge in [0.2, 0.25) is 0 Å². The third-order valence-electron chi connectivity index (χ3n) is 4.32. The molecule has 3 heterocycles. The van der Waals surface area contributed by atoms with Crippen molar-refractivity contribution in [1.29, 1.82) is 0 Å². The van der Waals surface area contributed by atoms with Crippen molar-refractivity contribution in [2.24, 2.45) is 0 Å². The van der Waals surface area contributed by atoms with Crippen molar-refractivity contribution < 1.29 is 4.79 Å². The normalized spacial score (nSPS) is 11.0. The van der Waals surface area contributed by atoms with E-state index in [1.54, 1.807) is 29.9 Å². The molecule has 0 bridgehead atoms. The molecule has 0 saturated carbocycles. The molecule has 0 atom stereocenters. The summed E-state index contributed by atoms with van der Waals surface area (Å²) >= 11 is 1.40. The number of thiazole rings is 1. The van der Waals surface area contributed by atoms with Crippen LogP contribution in [-0.2, 0) is 0 Å². The summed E-state index contributed by atoms with van der Waals surface area (Å²) < 4.78 is 1.60. The first kappa shape index (κ1) is 16.4. The second kappa shape index (κ2) is 6.34. The van der Waals surface area contributed by atoms with Crippen LogP contribution in [0.5, 0.6) is 0 Å². The summed E-state index contributed by atoms with van der Waals surface area (Å²) in [4.78, 5) is 21.5. The van der Waals surface area contributed by atoms with E-state index in [4.69, 9.17) is 0 Å². The van der Waals surface area contributed by atoms with Crippen molar-refractivity contribution in [3.8, 4) is 11.3 Å². The second-order valence-electron chi connectivity index (χ2n) is 6.14. The van der Waals surface area contributed by atoms with Crippen molar-refractivity contribution in [2.75, 3.05) is 5.32 Å². The molecule has 130 valence electrons. The molecule has 4 rings (SSSR count). The average Bonchev–Trinajstić information content (AvgIpc) is 3.20. The van der Waals surface area contributed by atoms with Crippen LogP contribution in [0.1, 0.15) is 27.2 Å². The van der Waals surface area contributed by atoms with E-state index in [2.05, 4.69) is 46.4 Å². The summed E-state index contributed by atoms with van der Waals surface area (Å²) in [6.45, 7) is 5.96. The molecule has 0 aliphatic rings. The van der Waals surface area contributed by atoms with Gasteiger partial charge in [-0.2, -0.15) is 5.10 Å². The van der Waals surface area contributed by atoms with Gasteiger partial charge >= 0.3 is 0 Å². The Morgan fingerprint density at radius 1 is 1.19 bits per heavy atom. The number of hydrogen-bond donors (Lipinski definition) is 1. The van der Waals surface area contributed by atoms with Crippen molar-refractivity contribution >= 4 is 28.0 Å². The molecule has 26 heavy (non-hydrogen) atoms. The lowest BCUT2D eigenvalue weighted by atomic mass is 10.1. The van der Waals surface area contributed by atoms with Gasteiger partial charge in [0.1, 0.15) is 5.56 Å². The Labute approximate surface area is 154 Å². The summed E-state index contributed by atoms with van der Waals surface area (Å²) in [5, 5.41) is 9.69. The number of fused-ring (bicyclic) bond motifs is 1. The molecule has 1 N–H and O–H groups in total. The largest absolute Gasteiger partial charge is 0.298 e. The molecule has 1 amide bonds. The highest BCUT2D eigenvalue weighted by atomic mass is 32.1. The summed E-state index contributed by atoms with van der Waals surface area (Å²) in [5.74, 6) is -0.253. The minimum atomic E-state index is -0.253. The Kier molecular flexibility index (Phi) is 4.00. The van der Waals surface area contributed by atoms with Gasteiger partial charge in [-0.25, -0.2) is 14.5 Å². The van der Waals surface area contributed by atoms with Crippen LogP contribution in [0.4, 0.5) is 5.13 Å². The molecule has 0 radical (unpaired) electrons. The Balaban J connectivity index is 1.61. The van der Waals surface area contributed by atoms with Crippen LogP contribution in [0.15, 0.2) is 42.0 Å². The lowest BCUT2D eigenvalue weighted by Gasteiger charge is -2.03. The van der Waals surface area contributed by atoms with Gasteiger partial charge < -0.3 is 0 Å². The van der Waals surface area contributed by atoms with Gasteiger partial charge in [-0.3, -0.25) is 10.1 Å². The Bertz CT molecular complexity index is 1130. The fraction of sp³-hybridized carbons (Fsp3) is 0.158. The van der Waals surface area contributed by atoms with Gasteiger partial charge in [0.25, 0.3) is 5.91 Å². The SMILES string of the molecule is Cc1ccc(-c2csc(NC(=O)c3c(C)nn4cccnc34)n2)cc1C. The molecule has 4 aromatic rings. The minimum Gasteiger partial charge on any atom is -0.298 e. The monoisotopic (exact) mass is 363 g/mol. The maximum absolute atomic E-state index is 12.7. The van der Waals surface area contributed by atoms with Crippen LogP contribution in [0.25, 0.3) is 16.9 Å². The fourth-order valence-electron chi connectivity index (χ4n) is 2.79. The molecule has 6 nitrogen and oxygen atoms in total. The molecular weight excluding hydrogens is 346 g/mol. The van der Waals surface area contributed by atoms with E-state index in [9.17, 15) is 4.79 Å². The lowest BCUT2D eigenvalue weighted by molar-refractivity contribution is 0.102. The van der Waals surface area contributed by atoms with Crippen molar-refractivity contribution in [2.45, 2.75) is 20.8 Å². The number of amides is 1. The maximum Gasteiger partial charge on any atom is 0.263 e. The highest BCUT2D eigenvalue weighted by molar-refractivity contribution is 7.14. The number of rotatable bonds is 3. The van der Waals surface area contributed by atoms with E-state index < -0.39 is 0 Å². The van der Waals surface area contributed by atoms with Gasteiger partial charge in [-0.1, -0.05) is 12.1 Å². The first-order chi connectivity index (χ1) is 12.5. The highest BCUT2D eigenvalue weighted by Gasteiger charge is 2.19. The standard InChI is InChI=1S/C19H17N5OS/c1-11-5-6-14(9-12(11)2)15-10-26-19(21-15)22-18(25)16-13(3)23-24-8-4-7-20-17(16)24/h4-10H,1-3H3,(H,21,22,25). The molecule has 0 fully saturated rings. The average molecular weight is 363 g/mol. The molecule has 0 aliphatic heterocycles. The number of anilines is 1. The van der Waals surface area contributed by atoms with E-state index in [1.165, 1.54) is 22.5 Å². The lowest BCUT2D eigenvalue weighted by Crippen LogP contribution is -2.13. The molecule has 1 aromatic carbocycles. The molecular formula is C19H17N5OS. The number of hydrogen-bond acceptors (Lipinski definition) is 5. The van der Waals surface area contributed by atoms with E-state index in [0.717, 1.165) is 11.3 Å². The predicted molar refractivity (Wildman–Crippen MR) is 103 cm³/mol. The van der Waals surface area contributed by atoms with Crippen molar-refractivity contribution in [3.63, 3.8) is 0 Å². The van der Waals surface area contributed by atoms with Gasteiger partial charge in [0, 0.05) is 23.3 Å². The fourth-order valence-corrected chi connectivity index (χ4v) is 3.50. The van der Waals surface area contributed by atoms with Crippen molar-refractivity contribution in [1.82, 2.24) is 19.6 Å². The second-order valence-corrected chi connectivity index (χ2v) is 7.00. The number of aryl methyl sites for hydroxylation is 3. The molecule has 7 heteroatoms. The van der Waals surface area contributed by atoms with E-state index >= 15 is 0 Å². The number of carbonyl (C=O) groups excluding carboxylic acids is 1. The molecule has 0 aliphatic carbocycles. The molecule has 3 aromatic heterocycles. The quantitative estimate of drug-likeness (QED) is 0.596. The minimum absolute atomic E-state index is 0.253. The smallest absolute Gasteiger partial charge is 0.263 e. The van der Waals surface area contributed by atoms with E-state index in [-0.39, 0.29) is 5.91 Å². The van der Waals surface area contributed by atoms with Crippen LogP contribution < -0.4 is 5.32 Å². The van der Waals surface area contributed by atoms with Gasteiger partial charge in [-0.15, -0.1) is 11.3 Å². The topological polar surface area (TPSA) is 72.2 Å². The maximum atomic E-state index is 12.7. The van der Waals surface area contributed by atoms with Crippen LogP contribution in [-0.4, -0.2) is 25.5 Å². The van der Waals surface area contributed by atoms with Gasteiger partial charge in [-0.05, 0) is 44.0 Å². The predicted octanol–water partition coefficient (Wildman–Crippen LogP) is 4.03. The van der Waals surface area contributed by atoms with Crippen LogP contribution >= 0.6 is 11.3 Å². The number of carbonyl (C=O) groups is 1. The molecule has 0 spiro atoms. The number of nitrogens with one attached hydrogen (secondary N) is 1. The van der Waals surface area contributed by atoms with Crippen LogP contribution in [0, 0.1) is 20.8 Å². The number of benzene rings is 1. The summed E-state index contributed by atoms with van der Waals surface area (Å²) in [6, 6.07) is 8.01. The molecule has 0 unspecified atom stereocenters. The zero-order valence-corrected chi connectivity index (χ0v) is 15.5. The number of nitrogens with zero attached hydrogens (tertiary/aromatic N) is 4.